The normalized spacial score (nSPS) is 20.2. The number of hydrogen-bond acceptors (Lipinski definition) is 7. The van der Waals surface area contributed by atoms with Crippen LogP contribution >= 0.6 is 11.3 Å². The van der Waals surface area contributed by atoms with Gasteiger partial charge in [0.15, 0.2) is 10.8 Å². The van der Waals surface area contributed by atoms with Crippen LogP contribution in [0.2, 0.25) is 0 Å². The Bertz CT molecular complexity index is 1180. The average molecular weight is 556 g/mol. The first-order chi connectivity index (χ1) is 18.7. The molecule has 1 N–H and O–H groups in total. The highest BCUT2D eigenvalue weighted by Crippen LogP contribution is 2.34. The van der Waals surface area contributed by atoms with Gasteiger partial charge < -0.3 is 24.6 Å². The number of thiophene rings is 1. The van der Waals surface area contributed by atoms with Gasteiger partial charge in [-0.3, -0.25) is 14.4 Å². The van der Waals surface area contributed by atoms with Crippen LogP contribution < -0.4 is 10.1 Å². The predicted molar refractivity (Wildman–Crippen MR) is 148 cm³/mol. The number of benzene rings is 1. The summed E-state index contributed by atoms with van der Waals surface area (Å²) in [6, 6.07) is 11.5. The lowest BCUT2D eigenvalue weighted by molar-refractivity contribution is -0.144. The third-order valence-electron chi connectivity index (χ3n) is 7.23. The quantitative estimate of drug-likeness (QED) is 0.473. The number of nitrogens with one attached hydrogen (secondary N) is 1. The Labute approximate surface area is 233 Å². The second kappa shape index (κ2) is 12.7. The van der Waals surface area contributed by atoms with Gasteiger partial charge in [-0.25, -0.2) is 4.79 Å². The topological polar surface area (TPSA) is 105 Å². The van der Waals surface area contributed by atoms with Gasteiger partial charge in [0.1, 0.15) is 18.2 Å². The fourth-order valence-electron chi connectivity index (χ4n) is 5.44. The second-order valence-electron chi connectivity index (χ2n) is 10.5. The Morgan fingerprint density at radius 1 is 1.08 bits per heavy atom. The summed E-state index contributed by atoms with van der Waals surface area (Å²) in [4.78, 5) is 56.7. The van der Waals surface area contributed by atoms with E-state index >= 15 is 0 Å². The summed E-state index contributed by atoms with van der Waals surface area (Å²) in [7, 11) is 1.50. The molecule has 1 aromatic heterocycles. The number of methoxy groups -OCH3 is 1. The molecule has 39 heavy (non-hydrogen) atoms. The molecule has 0 aliphatic carbocycles. The van der Waals surface area contributed by atoms with Crippen LogP contribution in [0.15, 0.2) is 42.5 Å². The van der Waals surface area contributed by atoms with Crippen molar-refractivity contribution in [3.05, 3.63) is 42.5 Å². The number of ketones is 1. The fraction of sp³-hybridized carbons (Fsp3) is 0.517. The van der Waals surface area contributed by atoms with E-state index in [1.807, 2.05) is 57.2 Å². The van der Waals surface area contributed by atoms with E-state index < -0.39 is 24.3 Å². The van der Waals surface area contributed by atoms with Crippen LogP contribution in [-0.4, -0.2) is 77.9 Å². The number of Topliss-reactive ketones (excluding diaryl/α,β-unsaturated/α-hetero) is 1. The molecule has 0 saturated carbocycles. The molecule has 2 aromatic rings. The molecule has 10 heteroatoms. The molecule has 4 rings (SSSR count). The van der Waals surface area contributed by atoms with Gasteiger partial charge in [-0.1, -0.05) is 68.9 Å². The smallest absolute Gasteiger partial charge is 0.399 e. The molecule has 1 aromatic carbocycles. The van der Waals surface area contributed by atoms with E-state index in [4.69, 9.17) is 9.47 Å². The van der Waals surface area contributed by atoms with Gasteiger partial charge in [-0.15, -0.1) is 0 Å². The molecular formula is C29H37N3O6S. The van der Waals surface area contributed by atoms with E-state index in [9.17, 15) is 19.2 Å². The first kappa shape index (κ1) is 28.8. The highest BCUT2D eigenvalue weighted by Gasteiger charge is 2.53. The standard InChI is InChI=1S/C29H37N3O6S/c1-5-9-23(37-4)28(35)32-17-22(33)26-21(32)14-15-31(26)27(34)20(16-18(2)3)30-29(36)38-25-13-12-24(39-25)19-10-7-6-8-11-19/h6-8,10-13,18,20-21,23,26H,5,9,14-17H2,1-4H3,(H,30,36). The van der Waals surface area contributed by atoms with Crippen LogP contribution in [0, 0.1) is 5.92 Å². The molecule has 0 spiro atoms. The highest BCUT2D eigenvalue weighted by molar-refractivity contribution is 7.17. The van der Waals surface area contributed by atoms with E-state index in [1.165, 1.54) is 23.3 Å². The van der Waals surface area contributed by atoms with Crippen molar-refractivity contribution in [1.29, 1.82) is 0 Å². The van der Waals surface area contributed by atoms with E-state index in [-0.39, 0.29) is 36.1 Å². The summed E-state index contributed by atoms with van der Waals surface area (Å²) < 4.78 is 10.9. The third kappa shape index (κ3) is 6.50. The van der Waals surface area contributed by atoms with Crippen LogP contribution in [0.25, 0.3) is 10.4 Å². The number of fused-ring (bicyclic) bond motifs is 1. The van der Waals surface area contributed by atoms with Crippen LogP contribution in [0.1, 0.15) is 46.5 Å². The molecule has 3 amide bonds. The summed E-state index contributed by atoms with van der Waals surface area (Å²) in [6.07, 6.45) is 0.925. The molecule has 4 unspecified atom stereocenters. The maximum atomic E-state index is 13.7. The molecule has 4 atom stereocenters. The maximum absolute atomic E-state index is 13.7. The number of carbonyl (C=O) groups excluding carboxylic acids is 4. The van der Waals surface area contributed by atoms with Crippen molar-refractivity contribution in [2.75, 3.05) is 20.2 Å². The molecule has 0 radical (unpaired) electrons. The van der Waals surface area contributed by atoms with Crippen molar-refractivity contribution in [1.82, 2.24) is 15.1 Å². The van der Waals surface area contributed by atoms with Crippen molar-refractivity contribution in [3.63, 3.8) is 0 Å². The highest BCUT2D eigenvalue weighted by atomic mass is 32.1. The Hall–Kier alpha value is -3.24. The minimum Gasteiger partial charge on any atom is -0.399 e. The third-order valence-corrected chi connectivity index (χ3v) is 8.24. The number of hydrogen-bond donors (Lipinski definition) is 1. The molecule has 2 aliphatic heterocycles. The summed E-state index contributed by atoms with van der Waals surface area (Å²) in [5.74, 6) is -0.592. The second-order valence-corrected chi connectivity index (χ2v) is 11.5. The molecule has 3 heterocycles. The zero-order valence-corrected chi connectivity index (χ0v) is 23.7. The van der Waals surface area contributed by atoms with Gasteiger partial charge in [0.05, 0.1) is 12.6 Å². The van der Waals surface area contributed by atoms with Crippen molar-refractivity contribution < 1.29 is 28.7 Å². The first-order valence-electron chi connectivity index (χ1n) is 13.5. The van der Waals surface area contributed by atoms with Gasteiger partial charge in [0, 0.05) is 18.5 Å². The van der Waals surface area contributed by atoms with E-state index in [2.05, 4.69) is 5.32 Å². The Morgan fingerprint density at radius 2 is 1.82 bits per heavy atom. The largest absolute Gasteiger partial charge is 0.414 e. The maximum Gasteiger partial charge on any atom is 0.414 e. The van der Waals surface area contributed by atoms with Crippen molar-refractivity contribution >= 4 is 35.0 Å². The molecule has 2 fully saturated rings. The summed E-state index contributed by atoms with van der Waals surface area (Å²) >= 11 is 1.34. The number of amides is 3. The predicted octanol–water partition coefficient (Wildman–Crippen LogP) is 4.11. The summed E-state index contributed by atoms with van der Waals surface area (Å²) in [5, 5.41) is 3.16. The van der Waals surface area contributed by atoms with E-state index in [1.54, 1.807) is 11.0 Å². The Morgan fingerprint density at radius 3 is 2.49 bits per heavy atom. The monoisotopic (exact) mass is 555 g/mol. The van der Waals surface area contributed by atoms with Crippen LogP contribution in [0.5, 0.6) is 5.06 Å². The molecule has 2 saturated heterocycles. The lowest BCUT2D eigenvalue weighted by Crippen LogP contribution is -2.53. The van der Waals surface area contributed by atoms with Crippen LogP contribution in [0.4, 0.5) is 4.79 Å². The van der Waals surface area contributed by atoms with Crippen LogP contribution in [-0.2, 0) is 19.1 Å². The SMILES string of the molecule is CCCC(OC)C(=O)N1CC(=O)C2C1CCN2C(=O)C(CC(C)C)NC(=O)Oc1ccc(-c2ccccc2)s1. The molecule has 0 bridgehead atoms. The van der Waals surface area contributed by atoms with Gasteiger partial charge >= 0.3 is 6.09 Å². The minimum atomic E-state index is -0.853. The van der Waals surface area contributed by atoms with Crippen molar-refractivity contribution in [2.45, 2.75) is 70.7 Å². The number of nitrogens with zero attached hydrogens (tertiary/aromatic N) is 2. The summed E-state index contributed by atoms with van der Waals surface area (Å²) in [6.45, 7) is 6.21. The van der Waals surface area contributed by atoms with Gasteiger partial charge in [-0.2, -0.15) is 0 Å². The molecule has 2 aliphatic rings. The fourth-order valence-corrected chi connectivity index (χ4v) is 6.30. The van der Waals surface area contributed by atoms with Gasteiger partial charge in [0.2, 0.25) is 5.91 Å². The molecule has 210 valence electrons. The van der Waals surface area contributed by atoms with Gasteiger partial charge in [0.25, 0.3) is 5.91 Å². The van der Waals surface area contributed by atoms with Crippen LogP contribution in [0.3, 0.4) is 0 Å². The number of ether oxygens (including phenoxy) is 2. The van der Waals surface area contributed by atoms with Crippen molar-refractivity contribution in [2.24, 2.45) is 5.92 Å². The number of carbonyl (C=O) groups is 4. The number of rotatable bonds is 10. The minimum absolute atomic E-state index is 0.0338. The Kier molecular flexibility index (Phi) is 9.40. The average Bonchev–Trinajstić information content (AvgIpc) is 3.64. The number of likely N-dealkylation sites (tertiary alicyclic amines) is 2. The summed E-state index contributed by atoms with van der Waals surface area (Å²) in [5.41, 5.74) is 1.02. The van der Waals surface area contributed by atoms with E-state index in [0.29, 0.717) is 30.9 Å². The van der Waals surface area contributed by atoms with Gasteiger partial charge in [-0.05, 0) is 42.9 Å². The van der Waals surface area contributed by atoms with Crippen molar-refractivity contribution in [3.8, 4) is 15.5 Å². The zero-order valence-electron chi connectivity index (χ0n) is 22.9. The lowest BCUT2D eigenvalue weighted by Gasteiger charge is -2.29. The zero-order chi connectivity index (χ0) is 28.1. The molecular weight excluding hydrogens is 518 g/mol. The molecule has 9 nitrogen and oxygen atoms in total. The Balaban J connectivity index is 1.43. The lowest BCUT2D eigenvalue weighted by atomic mass is 10.0. The van der Waals surface area contributed by atoms with E-state index in [0.717, 1.165) is 16.9 Å². The first-order valence-corrected chi connectivity index (χ1v) is 14.3.